The molecule has 110 valence electrons. The maximum absolute atomic E-state index is 11.9. The number of amides is 1. The van der Waals surface area contributed by atoms with Crippen LogP contribution in [0.15, 0.2) is 4.79 Å². The van der Waals surface area contributed by atoms with Crippen LogP contribution in [-0.4, -0.2) is 36.6 Å². The fourth-order valence-corrected chi connectivity index (χ4v) is 3.20. The fourth-order valence-electron chi connectivity index (χ4n) is 2.13. The average Bonchev–Trinajstić information content (AvgIpc) is 2.62. The van der Waals surface area contributed by atoms with Crippen molar-refractivity contribution >= 4 is 39.7 Å². The molecule has 1 unspecified atom stereocenters. The summed E-state index contributed by atoms with van der Waals surface area (Å²) in [5, 5.41) is 4.96. The Kier molecular flexibility index (Phi) is 3.67. The first-order valence-corrected chi connectivity index (χ1v) is 7.72. The van der Waals surface area contributed by atoms with Crippen LogP contribution in [0.1, 0.15) is 6.42 Å². The minimum atomic E-state index is -3.67. The molecule has 0 aromatic carbocycles. The van der Waals surface area contributed by atoms with Gasteiger partial charge in [-0.1, -0.05) is 0 Å². The van der Waals surface area contributed by atoms with Crippen molar-refractivity contribution in [2.75, 3.05) is 22.9 Å². The van der Waals surface area contributed by atoms with Crippen LogP contribution < -0.4 is 21.3 Å². The lowest BCUT2D eigenvalue weighted by molar-refractivity contribution is -0.117. The highest BCUT2D eigenvalue weighted by Gasteiger charge is 2.34. The lowest BCUT2D eigenvalue weighted by atomic mass is 10.1. The number of hydrogen-bond acceptors (Lipinski definition) is 6. The lowest BCUT2D eigenvalue weighted by Crippen LogP contribution is -2.30. The van der Waals surface area contributed by atoms with Gasteiger partial charge in [-0.25, -0.2) is 13.6 Å². The Morgan fingerprint density at radius 3 is 2.60 bits per heavy atom. The molecule has 1 fully saturated rings. The highest BCUT2D eigenvalue weighted by atomic mass is 32.2. The number of aromatic amines is 2. The summed E-state index contributed by atoms with van der Waals surface area (Å²) < 4.78 is 22.1. The molecule has 1 saturated heterocycles. The summed E-state index contributed by atoms with van der Waals surface area (Å²) in [6.07, 6.45) is 0.0171. The minimum Gasteiger partial charge on any atom is -0.391 e. The third-order valence-electron chi connectivity index (χ3n) is 2.90. The maximum Gasteiger partial charge on any atom is 0.277 e. The first-order valence-electron chi connectivity index (χ1n) is 5.60. The van der Waals surface area contributed by atoms with E-state index in [1.54, 1.807) is 0 Å². The second-order valence-electron chi connectivity index (χ2n) is 4.57. The number of nitrogens with zero attached hydrogens (tertiary/aromatic N) is 1. The molecule has 0 radical (unpaired) electrons. The second-order valence-corrected chi connectivity index (χ2v) is 6.64. The SMILES string of the molecule is Nc1c(N2CC(CS(N)(=O)=O)CC2=O)[nH]c(=S)[nH]c1=O. The van der Waals surface area contributed by atoms with Gasteiger partial charge in [0.1, 0.15) is 11.5 Å². The van der Waals surface area contributed by atoms with Gasteiger partial charge < -0.3 is 10.7 Å². The summed E-state index contributed by atoms with van der Waals surface area (Å²) in [7, 11) is -3.67. The van der Waals surface area contributed by atoms with E-state index in [1.165, 1.54) is 4.90 Å². The van der Waals surface area contributed by atoms with Crippen molar-refractivity contribution in [3.63, 3.8) is 0 Å². The van der Waals surface area contributed by atoms with Gasteiger partial charge in [-0.05, 0) is 12.2 Å². The minimum absolute atomic E-state index is 0.0171. The molecule has 1 aliphatic rings. The molecule has 20 heavy (non-hydrogen) atoms. The number of anilines is 2. The van der Waals surface area contributed by atoms with Gasteiger partial charge in [0.2, 0.25) is 15.9 Å². The average molecular weight is 319 g/mol. The van der Waals surface area contributed by atoms with Gasteiger partial charge in [-0.2, -0.15) is 0 Å². The highest BCUT2D eigenvalue weighted by Crippen LogP contribution is 2.26. The number of sulfonamides is 1. The van der Waals surface area contributed by atoms with Crippen LogP contribution in [-0.2, 0) is 14.8 Å². The summed E-state index contributed by atoms with van der Waals surface area (Å²) in [6.45, 7) is 0.105. The lowest BCUT2D eigenvalue weighted by Gasteiger charge is -2.17. The highest BCUT2D eigenvalue weighted by molar-refractivity contribution is 7.89. The number of nitrogens with one attached hydrogen (secondary N) is 2. The van der Waals surface area contributed by atoms with Gasteiger partial charge in [-0.3, -0.25) is 19.5 Å². The van der Waals surface area contributed by atoms with Crippen molar-refractivity contribution in [1.29, 1.82) is 0 Å². The zero-order valence-electron chi connectivity index (χ0n) is 10.3. The molecule has 1 amide bonds. The third-order valence-corrected chi connectivity index (χ3v) is 4.04. The Labute approximate surface area is 119 Å². The largest absolute Gasteiger partial charge is 0.391 e. The molecule has 1 aromatic rings. The summed E-state index contributed by atoms with van der Waals surface area (Å²) >= 11 is 4.82. The number of nitrogens with two attached hydrogens (primary N) is 2. The van der Waals surface area contributed by atoms with E-state index < -0.39 is 21.5 Å². The quantitative estimate of drug-likeness (QED) is 0.505. The number of primary sulfonamides is 1. The van der Waals surface area contributed by atoms with E-state index >= 15 is 0 Å². The first kappa shape index (κ1) is 14.7. The number of rotatable bonds is 3. The molecule has 2 heterocycles. The summed E-state index contributed by atoms with van der Waals surface area (Å²) in [6, 6.07) is 0. The molecule has 1 aromatic heterocycles. The number of H-pyrrole nitrogens is 2. The molecule has 0 spiro atoms. The third kappa shape index (κ3) is 3.05. The number of aromatic nitrogens is 2. The molecule has 0 aliphatic carbocycles. The van der Waals surface area contributed by atoms with E-state index in [-0.39, 0.29) is 40.9 Å². The van der Waals surface area contributed by atoms with Crippen LogP contribution >= 0.6 is 12.2 Å². The first-order chi connectivity index (χ1) is 9.17. The van der Waals surface area contributed by atoms with Gasteiger partial charge in [0, 0.05) is 18.9 Å². The Morgan fingerprint density at radius 1 is 1.35 bits per heavy atom. The Bertz CT molecular complexity index is 765. The van der Waals surface area contributed by atoms with Crippen molar-refractivity contribution < 1.29 is 13.2 Å². The second kappa shape index (κ2) is 5.00. The van der Waals surface area contributed by atoms with Crippen LogP contribution in [0.25, 0.3) is 0 Å². The van der Waals surface area contributed by atoms with Gasteiger partial charge in [0.05, 0.1) is 5.75 Å². The molecule has 1 aliphatic heterocycles. The molecule has 2 rings (SSSR count). The van der Waals surface area contributed by atoms with Crippen LogP contribution in [0.3, 0.4) is 0 Å². The number of carbonyl (C=O) groups is 1. The molecule has 1 atom stereocenters. The van der Waals surface area contributed by atoms with Crippen molar-refractivity contribution in [3.05, 3.63) is 15.1 Å². The zero-order chi connectivity index (χ0) is 15.1. The molecule has 0 saturated carbocycles. The van der Waals surface area contributed by atoms with Gasteiger partial charge in [-0.15, -0.1) is 0 Å². The monoisotopic (exact) mass is 319 g/mol. The predicted molar refractivity (Wildman–Crippen MR) is 75.1 cm³/mol. The van der Waals surface area contributed by atoms with Crippen molar-refractivity contribution in [3.8, 4) is 0 Å². The summed E-state index contributed by atoms with van der Waals surface area (Å²) in [5.41, 5.74) is 4.83. The molecule has 6 N–H and O–H groups in total. The molecular weight excluding hydrogens is 306 g/mol. The molecule has 11 heteroatoms. The summed E-state index contributed by atoms with van der Waals surface area (Å²) in [4.78, 5) is 29.6. The van der Waals surface area contributed by atoms with E-state index in [0.717, 1.165) is 0 Å². The van der Waals surface area contributed by atoms with E-state index in [2.05, 4.69) is 9.97 Å². The van der Waals surface area contributed by atoms with Gasteiger partial charge in [0.15, 0.2) is 4.77 Å². The van der Waals surface area contributed by atoms with Crippen LogP contribution in [0.4, 0.5) is 11.5 Å². The normalized spacial score (nSPS) is 19.6. The number of nitrogen functional groups attached to an aromatic ring is 1. The van der Waals surface area contributed by atoms with E-state index in [4.69, 9.17) is 23.1 Å². The van der Waals surface area contributed by atoms with Crippen molar-refractivity contribution in [1.82, 2.24) is 9.97 Å². The molecule has 0 bridgehead atoms. The zero-order valence-corrected chi connectivity index (χ0v) is 11.9. The number of hydrogen-bond donors (Lipinski definition) is 4. The van der Waals surface area contributed by atoms with Gasteiger partial charge in [0.25, 0.3) is 5.56 Å². The predicted octanol–water partition coefficient (Wildman–Crippen LogP) is -1.34. The summed E-state index contributed by atoms with van der Waals surface area (Å²) in [5.74, 6) is -1.01. The fraction of sp³-hybridized carbons (Fsp3) is 0.444. The van der Waals surface area contributed by atoms with E-state index in [0.29, 0.717) is 0 Å². The molecule has 9 nitrogen and oxygen atoms in total. The van der Waals surface area contributed by atoms with Crippen LogP contribution in [0.2, 0.25) is 0 Å². The topological polar surface area (TPSA) is 155 Å². The molecular formula is C9H13N5O4S2. The van der Waals surface area contributed by atoms with Crippen LogP contribution in [0, 0.1) is 10.7 Å². The van der Waals surface area contributed by atoms with E-state index in [1.807, 2.05) is 0 Å². The van der Waals surface area contributed by atoms with Crippen LogP contribution in [0.5, 0.6) is 0 Å². The standard InChI is InChI=1S/C9H13N5O4S2/c10-6-7(12-9(19)13-8(6)16)14-2-4(1-5(14)15)3-20(11,17)18/h4H,1-3,10H2,(H2,11,17,18)(H2,12,13,16,19). The Balaban J connectivity index is 2.34. The van der Waals surface area contributed by atoms with Gasteiger partial charge >= 0.3 is 0 Å². The maximum atomic E-state index is 11.9. The Morgan fingerprint density at radius 2 is 2.00 bits per heavy atom. The Hall–Kier alpha value is -1.72. The smallest absolute Gasteiger partial charge is 0.277 e. The van der Waals surface area contributed by atoms with E-state index in [9.17, 15) is 18.0 Å². The van der Waals surface area contributed by atoms with Crippen molar-refractivity contribution in [2.24, 2.45) is 11.1 Å². The van der Waals surface area contributed by atoms with Crippen molar-refractivity contribution in [2.45, 2.75) is 6.42 Å². The number of carbonyl (C=O) groups excluding carboxylic acids is 1.